The average molecular weight is 237 g/mol. The summed E-state index contributed by atoms with van der Waals surface area (Å²) >= 11 is 1.83. The Kier molecular flexibility index (Phi) is 3.01. The Bertz CT molecular complexity index is 391. The molecule has 0 aliphatic carbocycles. The predicted molar refractivity (Wildman–Crippen MR) is 68.6 cm³/mol. The van der Waals surface area contributed by atoms with Gasteiger partial charge in [0.15, 0.2) is 0 Å². The third-order valence-electron chi connectivity index (χ3n) is 3.79. The van der Waals surface area contributed by atoms with E-state index in [9.17, 15) is 5.11 Å². The van der Waals surface area contributed by atoms with Crippen molar-refractivity contribution >= 4 is 11.8 Å². The molecule has 0 amide bonds. The van der Waals surface area contributed by atoms with Gasteiger partial charge in [0, 0.05) is 23.7 Å². The lowest BCUT2D eigenvalue weighted by atomic mass is 9.69. The van der Waals surface area contributed by atoms with Crippen molar-refractivity contribution in [1.82, 2.24) is 4.98 Å². The zero-order chi connectivity index (χ0) is 11.8. The van der Waals surface area contributed by atoms with Crippen LogP contribution in [-0.4, -0.2) is 21.6 Å². The molecule has 1 aliphatic heterocycles. The molecule has 1 fully saturated rings. The van der Waals surface area contributed by atoms with Gasteiger partial charge in [-0.15, -0.1) is 0 Å². The fourth-order valence-electron chi connectivity index (χ4n) is 2.29. The number of thioether (sulfide) groups is 1. The van der Waals surface area contributed by atoms with Crippen LogP contribution < -0.4 is 0 Å². The van der Waals surface area contributed by atoms with Crippen LogP contribution in [0.1, 0.15) is 31.4 Å². The number of aryl methyl sites for hydroxylation is 1. The third kappa shape index (κ3) is 1.76. The first kappa shape index (κ1) is 11.9. The Labute approximate surface area is 101 Å². The fourth-order valence-corrected chi connectivity index (χ4v) is 3.93. The van der Waals surface area contributed by atoms with E-state index in [0.717, 1.165) is 29.1 Å². The monoisotopic (exact) mass is 237 g/mol. The number of aromatic nitrogens is 1. The van der Waals surface area contributed by atoms with E-state index in [2.05, 4.69) is 18.8 Å². The predicted octanol–water partition coefficient (Wildman–Crippen LogP) is 2.74. The molecular weight excluding hydrogens is 218 g/mol. The van der Waals surface area contributed by atoms with Crippen LogP contribution in [-0.2, 0) is 5.60 Å². The van der Waals surface area contributed by atoms with E-state index in [1.165, 1.54) is 0 Å². The smallest absolute Gasteiger partial charge is 0.105 e. The SMILES string of the molecule is Cc1ccncc1C1(O)CSCCC1(C)C. The Morgan fingerprint density at radius 2 is 2.19 bits per heavy atom. The summed E-state index contributed by atoms with van der Waals surface area (Å²) in [5.74, 6) is 1.90. The number of rotatable bonds is 1. The summed E-state index contributed by atoms with van der Waals surface area (Å²) in [7, 11) is 0. The van der Waals surface area contributed by atoms with Crippen molar-refractivity contribution in [1.29, 1.82) is 0 Å². The lowest BCUT2D eigenvalue weighted by molar-refractivity contribution is -0.0585. The minimum Gasteiger partial charge on any atom is -0.384 e. The minimum atomic E-state index is -0.742. The zero-order valence-electron chi connectivity index (χ0n) is 10.2. The molecule has 1 aliphatic rings. The summed E-state index contributed by atoms with van der Waals surface area (Å²) in [4.78, 5) is 4.16. The van der Waals surface area contributed by atoms with Crippen LogP contribution in [0.4, 0.5) is 0 Å². The lowest BCUT2D eigenvalue weighted by Gasteiger charge is -2.46. The van der Waals surface area contributed by atoms with Crippen LogP contribution in [0.3, 0.4) is 0 Å². The van der Waals surface area contributed by atoms with Gasteiger partial charge in [-0.05, 0) is 36.1 Å². The van der Waals surface area contributed by atoms with Crippen LogP contribution in [0, 0.1) is 12.3 Å². The largest absolute Gasteiger partial charge is 0.384 e. The van der Waals surface area contributed by atoms with E-state index in [1.807, 2.05) is 30.9 Å². The molecule has 1 saturated heterocycles. The first-order chi connectivity index (χ1) is 7.47. The Balaban J connectivity index is 2.48. The molecule has 3 heteroatoms. The maximum Gasteiger partial charge on any atom is 0.105 e. The number of hydrogen-bond donors (Lipinski definition) is 1. The van der Waals surface area contributed by atoms with Crippen LogP contribution >= 0.6 is 11.8 Å². The third-order valence-corrected chi connectivity index (χ3v) is 4.90. The molecule has 0 saturated carbocycles. The number of aliphatic hydroxyl groups is 1. The molecule has 88 valence electrons. The number of pyridine rings is 1. The highest BCUT2D eigenvalue weighted by atomic mass is 32.2. The van der Waals surface area contributed by atoms with Gasteiger partial charge >= 0.3 is 0 Å². The van der Waals surface area contributed by atoms with Crippen molar-refractivity contribution < 1.29 is 5.11 Å². The van der Waals surface area contributed by atoms with Crippen molar-refractivity contribution in [2.45, 2.75) is 32.8 Å². The van der Waals surface area contributed by atoms with Crippen molar-refractivity contribution in [3.05, 3.63) is 29.6 Å². The molecule has 0 radical (unpaired) electrons. The van der Waals surface area contributed by atoms with Gasteiger partial charge in [0.1, 0.15) is 5.60 Å². The highest BCUT2D eigenvalue weighted by Gasteiger charge is 2.47. The van der Waals surface area contributed by atoms with Crippen molar-refractivity contribution in [2.24, 2.45) is 5.41 Å². The summed E-state index contributed by atoms with van der Waals surface area (Å²) < 4.78 is 0. The average Bonchev–Trinajstić information content (AvgIpc) is 2.23. The highest BCUT2D eigenvalue weighted by molar-refractivity contribution is 7.99. The van der Waals surface area contributed by atoms with Crippen molar-refractivity contribution in [3.8, 4) is 0 Å². The topological polar surface area (TPSA) is 33.1 Å². The van der Waals surface area contributed by atoms with E-state index in [1.54, 1.807) is 6.20 Å². The molecule has 1 N–H and O–H groups in total. The van der Waals surface area contributed by atoms with Gasteiger partial charge in [-0.3, -0.25) is 4.98 Å². The van der Waals surface area contributed by atoms with Gasteiger partial charge in [0.2, 0.25) is 0 Å². The summed E-state index contributed by atoms with van der Waals surface area (Å²) in [6.45, 7) is 6.35. The molecule has 2 heterocycles. The Morgan fingerprint density at radius 3 is 2.81 bits per heavy atom. The Morgan fingerprint density at radius 1 is 1.44 bits per heavy atom. The summed E-state index contributed by atoms with van der Waals surface area (Å²) in [6.07, 6.45) is 4.65. The highest BCUT2D eigenvalue weighted by Crippen LogP contribution is 2.48. The first-order valence-electron chi connectivity index (χ1n) is 5.69. The summed E-state index contributed by atoms with van der Waals surface area (Å²) in [5, 5.41) is 11.0. The van der Waals surface area contributed by atoms with Gasteiger partial charge in [0.25, 0.3) is 0 Å². The number of hydrogen-bond acceptors (Lipinski definition) is 3. The van der Waals surface area contributed by atoms with Gasteiger partial charge in [-0.1, -0.05) is 13.8 Å². The van der Waals surface area contributed by atoms with Crippen LogP contribution in [0.15, 0.2) is 18.5 Å². The zero-order valence-corrected chi connectivity index (χ0v) is 11.0. The summed E-state index contributed by atoms with van der Waals surface area (Å²) in [5.41, 5.74) is 1.31. The maximum absolute atomic E-state index is 11.0. The van der Waals surface area contributed by atoms with Crippen LogP contribution in [0.5, 0.6) is 0 Å². The quantitative estimate of drug-likeness (QED) is 0.815. The second-order valence-electron chi connectivity index (χ2n) is 5.24. The Hall–Kier alpha value is -0.540. The van der Waals surface area contributed by atoms with Gasteiger partial charge in [-0.25, -0.2) is 0 Å². The molecule has 16 heavy (non-hydrogen) atoms. The fraction of sp³-hybridized carbons (Fsp3) is 0.615. The van der Waals surface area contributed by atoms with Crippen LogP contribution in [0.2, 0.25) is 0 Å². The molecule has 2 nitrogen and oxygen atoms in total. The molecule has 1 aromatic rings. The lowest BCUT2D eigenvalue weighted by Crippen LogP contribution is -2.47. The maximum atomic E-state index is 11.0. The standard InChI is InChI=1S/C13H19NOS/c1-10-4-6-14-8-11(10)13(15)9-16-7-5-12(13,2)3/h4,6,8,15H,5,7,9H2,1-3H3. The van der Waals surface area contributed by atoms with Crippen LogP contribution in [0.25, 0.3) is 0 Å². The molecule has 0 spiro atoms. The van der Waals surface area contributed by atoms with E-state index in [-0.39, 0.29) is 5.41 Å². The van der Waals surface area contributed by atoms with Gasteiger partial charge in [0.05, 0.1) is 0 Å². The normalized spacial score (nSPS) is 29.0. The molecule has 1 aromatic heterocycles. The second kappa shape index (κ2) is 4.04. The minimum absolute atomic E-state index is 0.0773. The second-order valence-corrected chi connectivity index (χ2v) is 6.34. The first-order valence-corrected chi connectivity index (χ1v) is 6.84. The molecule has 1 atom stereocenters. The molecule has 0 aromatic carbocycles. The van der Waals surface area contributed by atoms with Crippen molar-refractivity contribution in [3.63, 3.8) is 0 Å². The summed E-state index contributed by atoms with van der Waals surface area (Å²) in [6, 6.07) is 1.97. The van der Waals surface area contributed by atoms with E-state index < -0.39 is 5.60 Å². The van der Waals surface area contributed by atoms with E-state index >= 15 is 0 Å². The number of nitrogens with zero attached hydrogens (tertiary/aromatic N) is 1. The molecule has 2 rings (SSSR count). The molecule has 0 bridgehead atoms. The van der Waals surface area contributed by atoms with Gasteiger partial charge < -0.3 is 5.11 Å². The molecule has 1 unspecified atom stereocenters. The van der Waals surface area contributed by atoms with E-state index in [0.29, 0.717) is 0 Å². The van der Waals surface area contributed by atoms with Crippen molar-refractivity contribution in [2.75, 3.05) is 11.5 Å². The van der Waals surface area contributed by atoms with Gasteiger partial charge in [-0.2, -0.15) is 11.8 Å². The molecular formula is C13H19NOS. The van der Waals surface area contributed by atoms with E-state index in [4.69, 9.17) is 0 Å².